The summed E-state index contributed by atoms with van der Waals surface area (Å²) in [5.74, 6) is 0. The fourth-order valence-corrected chi connectivity index (χ4v) is 0.709. The second kappa shape index (κ2) is 1.73. The lowest BCUT2D eigenvalue weighted by Gasteiger charge is -1.93. The van der Waals surface area contributed by atoms with E-state index in [9.17, 15) is 0 Å². The van der Waals surface area contributed by atoms with Crippen molar-refractivity contribution in [3.05, 3.63) is 41.3 Å². The van der Waals surface area contributed by atoms with Crippen LogP contribution < -0.4 is 0 Å². The van der Waals surface area contributed by atoms with Gasteiger partial charge in [0, 0.05) is 1.37 Å². The topological polar surface area (TPSA) is 0 Å². The number of fused-ring (bicyclic) bond motifs is 1. The predicted octanol–water partition coefficient (Wildman–Crippen LogP) is 2.26. The molecular weight excluding hydrogens is 108 g/mol. The van der Waals surface area contributed by atoms with Crippen LogP contribution in [0.25, 0.3) is 6.05 Å². The van der Waals surface area contributed by atoms with Gasteiger partial charge in [-0.1, -0.05) is 36.3 Å². The Balaban J connectivity index is 2.89. The van der Waals surface area contributed by atoms with E-state index < -0.39 is 18.5 Å². The first-order valence-corrected chi connectivity index (χ1v) is 2.58. The lowest BCUT2D eigenvalue weighted by molar-refractivity contribution is 1.31. The lowest BCUT2D eigenvalue weighted by atomic mass is 10.1. The van der Waals surface area contributed by atoms with Gasteiger partial charge in [-0.25, -0.2) is 0 Å². The zero-order chi connectivity index (χ0) is 12.2. The number of rotatable bonds is 0. The molecule has 0 nitrogen and oxygen atoms in total. The summed E-state index contributed by atoms with van der Waals surface area (Å²) in [5.41, 5.74) is 0.0389. The van der Waals surface area contributed by atoms with Crippen molar-refractivity contribution in [2.45, 2.75) is 6.40 Å². The highest BCUT2D eigenvalue weighted by atomic mass is 14.0. The highest BCUT2D eigenvalue weighted by Crippen LogP contribution is 2.17. The van der Waals surface area contributed by atoms with Crippen molar-refractivity contribution in [1.29, 1.82) is 0 Å². The first-order valence-electron chi connectivity index (χ1n) is 6.15. The van der Waals surface area contributed by atoms with E-state index in [0.29, 0.717) is 0 Å². The standard InChI is InChI=1S/C9H8/c1-2-5-9-7-3-6-8(9)4-1/h1-6H,7H2/i1D,2D,3D,4D,5D,6D,7D. The first kappa shape index (κ1) is 1.51. The molecule has 0 amide bonds. The van der Waals surface area contributed by atoms with E-state index in [1.165, 1.54) is 0 Å². The molecule has 0 heterocycles. The van der Waals surface area contributed by atoms with Crippen molar-refractivity contribution in [2.24, 2.45) is 0 Å². The maximum absolute atomic E-state index is 7.64. The lowest BCUT2D eigenvalue weighted by Crippen LogP contribution is -1.76. The van der Waals surface area contributed by atoms with Crippen LogP contribution in [-0.2, 0) is 6.40 Å². The van der Waals surface area contributed by atoms with Gasteiger partial charge in [-0.2, -0.15) is 0 Å². The molecule has 1 unspecified atom stereocenters. The van der Waals surface area contributed by atoms with Gasteiger partial charge in [0.25, 0.3) is 0 Å². The summed E-state index contributed by atoms with van der Waals surface area (Å²) in [5, 5.41) is 0. The molecule has 0 saturated heterocycles. The van der Waals surface area contributed by atoms with Gasteiger partial charge in [-0.15, -0.1) is 0 Å². The molecule has 0 bridgehead atoms. The minimum atomic E-state index is -1.18. The van der Waals surface area contributed by atoms with Gasteiger partial charge in [0.1, 0.15) is 0 Å². The van der Waals surface area contributed by atoms with Crippen molar-refractivity contribution < 1.29 is 9.60 Å². The van der Waals surface area contributed by atoms with Crippen LogP contribution in [-0.4, -0.2) is 0 Å². The molecule has 1 atom stereocenters. The Morgan fingerprint density at radius 2 is 2.33 bits per heavy atom. The average Bonchev–Trinajstić information content (AvgIpc) is 2.48. The maximum Gasteiger partial charge on any atom is 0.0629 e. The number of hydrogen-bond acceptors (Lipinski definition) is 0. The van der Waals surface area contributed by atoms with Gasteiger partial charge in [-0.3, -0.25) is 0 Å². The Labute approximate surface area is 64.7 Å². The van der Waals surface area contributed by atoms with Crippen LogP contribution in [0.3, 0.4) is 0 Å². The van der Waals surface area contributed by atoms with E-state index in [-0.39, 0.29) is 35.3 Å². The third-order valence-electron chi connectivity index (χ3n) is 1.13. The van der Waals surface area contributed by atoms with Gasteiger partial charge in [0.15, 0.2) is 0 Å². The Morgan fingerprint density at radius 1 is 1.44 bits per heavy atom. The molecule has 9 heavy (non-hydrogen) atoms. The monoisotopic (exact) mass is 123 g/mol. The molecule has 0 radical (unpaired) electrons. The van der Waals surface area contributed by atoms with Gasteiger partial charge in [-0.05, 0) is 17.5 Å². The number of hydrogen-bond donors (Lipinski definition) is 0. The van der Waals surface area contributed by atoms with Crippen LogP contribution in [0.5, 0.6) is 0 Å². The van der Waals surface area contributed by atoms with Crippen molar-refractivity contribution in [1.82, 2.24) is 0 Å². The molecule has 1 aromatic rings. The highest BCUT2D eigenvalue weighted by molar-refractivity contribution is 5.59. The van der Waals surface area contributed by atoms with Gasteiger partial charge < -0.3 is 0 Å². The number of benzene rings is 1. The van der Waals surface area contributed by atoms with Crippen LogP contribution in [0.1, 0.15) is 20.7 Å². The fraction of sp³-hybridized carbons (Fsp3) is 0.111. The largest absolute Gasteiger partial charge is 0.0795 e. The van der Waals surface area contributed by atoms with Crippen molar-refractivity contribution in [3.8, 4) is 0 Å². The van der Waals surface area contributed by atoms with Crippen LogP contribution in [0, 0.1) is 0 Å². The molecule has 0 aromatic heterocycles. The van der Waals surface area contributed by atoms with E-state index in [0.717, 1.165) is 0 Å². The molecule has 0 spiro atoms. The number of allylic oxidation sites excluding steroid dienone is 1. The molecule has 1 aliphatic rings. The SMILES string of the molecule is [2H]C1=C([2H])C([2H])c2c([2H])c([2H])c([2H])c([2H])c21. The molecule has 44 valence electrons. The predicted molar refractivity (Wildman–Crippen MR) is 39.2 cm³/mol. The summed E-state index contributed by atoms with van der Waals surface area (Å²) >= 11 is 0. The quantitative estimate of drug-likeness (QED) is 0.496. The van der Waals surface area contributed by atoms with Gasteiger partial charge >= 0.3 is 0 Å². The van der Waals surface area contributed by atoms with E-state index >= 15 is 0 Å². The average molecular weight is 123 g/mol. The first-order chi connectivity index (χ1) is 7.37. The van der Waals surface area contributed by atoms with E-state index in [1.54, 1.807) is 0 Å². The third kappa shape index (κ3) is 0.672. The third-order valence-corrected chi connectivity index (χ3v) is 1.13. The van der Waals surface area contributed by atoms with Crippen LogP contribution in [0.2, 0.25) is 0 Å². The second-order valence-corrected chi connectivity index (χ2v) is 1.70. The molecule has 0 saturated carbocycles. The van der Waals surface area contributed by atoms with Crippen LogP contribution >= 0.6 is 0 Å². The van der Waals surface area contributed by atoms with E-state index in [1.807, 2.05) is 0 Å². The molecule has 1 aliphatic carbocycles. The molecule has 2 rings (SSSR count). The zero-order valence-electron chi connectivity index (χ0n) is 11.6. The second-order valence-electron chi connectivity index (χ2n) is 1.70. The fourth-order valence-electron chi connectivity index (χ4n) is 0.709. The van der Waals surface area contributed by atoms with Crippen molar-refractivity contribution in [3.63, 3.8) is 0 Å². The Hall–Kier alpha value is -1.04. The summed E-state index contributed by atoms with van der Waals surface area (Å²) in [6.45, 7) is 0. The summed E-state index contributed by atoms with van der Waals surface area (Å²) in [7, 11) is 0. The Kier molecular flexibility index (Phi) is 0.291. The summed E-state index contributed by atoms with van der Waals surface area (Å²) in [6, 6.07) is -2.04. The molecule has 0 fully saturated rings. The minimum absolute atomic E-state index is 0.00370. The minimum Gasteiger partial charge on any atom is -0.0795 e. The van der Waals surface area contributed by atoms with Crippen molar-refractivity contribution >= 4 is 6.05 Å². The van der Waals surface area contributed by atoms with Crippen LogP contribution in [0.15, 0.2) is 30.2 Å². The maximum atomic E-state index is 7.64. The van der Waals surface area contributed by atoms with E-state index in [4.69, 9.17) is 9.60 Å². The smallest absolute Gasteiger partial charge is 0.0629 e. The summed E-state index contributed by atoms with van der Waals surface area (Å²) < 4.78 is 52.8. The Morgan fingerprint density at radius 3 is 3.33 bits per heavy atom. The summed E-state index contributed by atoms with van der Waals surface area (Å²) in [6.07, 6.45) is -1.18. The summed E-state index contributed by atoms with van der Waals surface area (Å²) in [4.78, 5) is 0. The van der Waals surface area contributed by atoms with Crippen LogP contribution in [0.4, 0.5) is 0 Å². The molecule has 0 aliphatic heterocycles. The zero-order valence-corrected chi connectivity index (χ0v) is 4.58. The van der Waals surface area contributed by atoms with Gasteiger partial charge in [0.05, 0.1) is 8.22 Å². The van der Waals surface area contributed by atoms with Crippen molar-refractivity contribution in [2.75, 3.05) is 0 Å². The molecular formula is C9H8. The van der Waals surface area contributed by atoms with Gasteiger partial charge in [0.2, 0.25) is 0 Å². The molecule has 1 aromatic carbocycles. The molecule has 0 heteroatoms. The molecule has 0 N–H and O–H groups in total. The normalized spacial score (nSPS) is 35.1. The van der Waals surface area contributed by atoms with E-state index in [2.05, 4.69) is 0 Å². The Bertz CT molecular complexity index is 517. The highest BCUT2D eigenvalue weighted by Gasteiger charge is 2.00.